The van der Waals surface area contributed by atoms with Crippen LogP contribution in [0.3, 0.4) is 0 Å². The molecule has 0 saturated carbocycles. The Kier molecular flexibility index (Phi) is 10.4. The zero-order valence-corrected chi connectivity index (χ0v) is 8.55. The van der Waals surface area contributed by atoms with Gasteiger partial charge >= 0.3 is 5.97 Å². The molecule has 0 aromatic carbocycles. The van der Waals surface area contributed by atoms with E-state index in [2.05, 4.69) is 0 Å². The number of carbonyl (C=O) groups is 1. The largest absolute Gasteiger partial charge is 0.480 e. The monoisotopic (exact) mass is 244 g/mol. The maximum absolute atomic E-state index is 10.1. The molecule has 5 N–H and O–H groups in total. The van der Waals surface area contributed by atoms with Crippen LogP contribution in [0.5, 0.6) is 0 Å². The lowest BCUT2D eigenvalue weighted by atomic mass is 10.4. The highest BCUT2D eigenvalue weighted by Gasteiger charge is 2.09. The van der Waals surface area contributed by atoms with Gasteiger partial charge in [0.2, 0.25) is 0 Å². The molecule has 6 heteroatoms. The van der Waals surface area contributed by atoms with Gasteiger partial charge in [0, 0.05) is 18.1 Å². The highest BCUT2D eigenvalue weighted by atomic mass is 79.9. The molecule has 0 aliphatic heterocycles. The number of carboxylic acid groups (broad SMARTS) is 1. The van der Waals surface area contributed by atoms with Crippen LogP contribution in [0.2, 0.25) is 0 Å². The summed E-state index contributed by atoms with van der Waals surface area (Å²) in [5.41, 5.74) is 10.4. The lowest BCUT2D eigenvalue weighted by molar-refractivity contribution is -0.137. The molecule has 0 radical (unpaired) electrons. The minimum Gasteiger partial charge on any atom is -0.480 e. The molecule has 0 spiro atoms. The predicted molar refractivity (Wildman–Crippen MR) is 52.3 cm³/mol. The van der Waals surface area contributed by atoms with Crippen LogP contribution in [-0.2, 0) is 4.79 Å². The third-order valence-corrected chi connectivity index (χ3v) is 2.00. The van der Waals surface area contributed by atoms with Gasteiger partial charge in [0.25, 0.3) is 0 Å². The smallest absolute Gasteiger partial charge is 0.321 e. The molecule has 0 aliphatic rings. The number of aliphatic carboxylic acids is 1. The number of hydrogen-bond acceptors (Lipinski definition) is 4. The lowest BCUT2D eigenvalue weighted by Gasteiger charge is -2.03. The summed E-state index contributed by atoms with van der Waals surface area (Å²) in [6.07, 6.45) is 0. The summed E-state index contributed by atoms with van der Waals surface area (Å²) in [4.78, 5) is 10.1. The van der Waals surface area contributed by atoms with E-state index in [-0.39, 0.29) is 17.0 Å². The van der Waals surface area contributed by atoms with Gasteiger partial charge in [-0.05, 0) is 0 Å². The lowest BCUT2D eigenvalue weighted by Crippen LogP contribution is -2.32. The molecular weight excluding hydrogens is 232 g/mol. The summed E-state index contributed by atoms with van der Waals surface area (Å²) in [6.45, 7) is 0.566. The van der Waals surface area contributed by atoms with Gasteiger partial charge in [0.1, 0.15) is 6.04 Å². The molecule has 0 rings (SSSR count). The van der Waals surface area contributed by atoms with Crippen LogP contribution in [0.25, 0.3) is 0 Å². The summed E-state index contributed by atoms with van der Waals surface area (Å²) in [5, 5.41) is 8.31. The molecule has 11 heavy (non-hydrogen) atoms. The second-order valence-corrected chi connectivity index (χ2v) is 2.96. The quantitative estimate of drug-likeness (QED) is 0.577. The number of carboxylic acids is 1. The molecule has 4 nitrogen and oxygen atoms in total. The molecule has 0 aromatic rings. The fourth-order valence-corrected chi connectivity index (χ4v) is 1.09. The van der Waals surface area contributed by atoms with E-state index in [1.165, 1.54) is 11.8 Å². The van der Waals surface area contributed by atoms with Crippen LogP contribution in [0, 0.1) is 0 Å². The zero-order valence-electron chi connectivity index (χ0n) is 6.03. The Morgan fingerprint density at radius 3 is 2.55 bits per heavy atom. The standard InChI is InChI=1S/C5H12N2O2S.BrH/c6-1-2-10-3-4(7)5(8)9;/h4H,1-3,6-7H2,(H,8,9);1H. The van der Waals surface area contributed by atoms with Crippen LogP contribution in [-0.4, -0.2) is 35.2 Å². The van der Waals surface area contributed by atoms with Crippen molar-refractivity contribution in [1.29, 1.82) is 0 Å². The fraction of sp³-hybridized carbons (Fsp3) is 0.800. The first-order valence-corrected chi connectivity index (χ1v) is 4.10. The second-order valence-electron chi connectivity index (χ2n) is 1.81. The molecule has 0 heterocycles. The molecular formula is C5H13BrN2O2S. The highest BCUT2D eigenvalue weighted by Crippen LogP contribution is 1.99. The molecule has 68 valence electrons. The van der Waals surface area contributed by atoms with Crippen LogP contribution < -0.4 is 11.5 Å². The average molecular weight is 245 g/mol. The van der Waals surface area contributed by atoms with Crippen molar-refractivity contribution in [2.75, 3.05) is 18.1 Å². The van der Waals surface area contributed by atoms with Crippen LogP contribution in [0.4, 0.5) is 0 Å². The van der Waals surface area contributed by atoms with E-state index in [9.17, 15) is 4.79 Å². The first kappa shape index (κ1) is 13.8. The topological polar surface area (TPSA) is 89.3 Å². The summed E-state index contributed by atoms with van der Waals surface area (Å²) < 4.78 is 0. The number of hydrogen-bond donors (Lipinski definition) is 3. The maximum Gasteiger partial charge on any atom is 0.321 e. The molecule has 0 aliphatic carbocycles. The van der Waals surface area contributed by atoms with E-state index < -0.39 is 12.0 Å². The van der Waals surface area contributed by atoms with Crippen molar-refractivity contribution in [2.24, 2.45) is 11.5 Å². The number of rotatable bonds is 5. The molecule has 1 unspecified atom stereocenters. The molecule has 0 amide bonds. The summed E-state index contributed by atoms with van der Waals surface area (Å²) in [7, 11) is 0. The average Bonchev–Trinajstić information content (AvgIpc) is 1.88. The van der Waals surface area contributed by atoms with Gasteiger partial charge in [-0.25, -0.2) is 0 Å². The van der Waals surface area contributed by atoms with Crippen molar-refractivity contribution < 1.29 is 9.90 Å². The molecule has 0 saturated heterocycles. The van der Waals surface area contributed by atoms with Crippen molar-refractivity contribution >= 4 is 34.7 Å². The Morgan fingerprint density at radius 1 is 1.64 bits per heavy atom. The van der Waals surface area contributed by atoms with Crippen molar-refractivity contribution in [1.82, 2.24) is 0 Å². The van der Waals surface area contributed by atoms with E-state index in [4.69, 9.17) is 16.6 Å². The third kappa shape index (κ3) is 8.12. The van der Waals surface area contributed by atoms with Gasteiger partial charge in [-0.2, -0.15) is 11.8 Å². The Balaban J connectivity index is 0. The van der Waals surface area contributed by atoms with E-state index in [0.717, 1.165) is 5.75 Å². The summed E-state index contributed by atoms with van der Waals surface area (Å²) in [5.74, 6) is 0.248. The van der Waals surface area contributed by atoms with E-state index in [0.29, 0.717) is 12.3 Å². The van der Waals surface area contributed by atoms with Gasteiger partial charge in [-0.15, -0.1) is 17.0 Å². The summed E-state index contributed by atoms with van der Waals surface area (Å²) in [6, 6.07) is -0.753. The van der Waals surface area contributed by atoms with Gasteiger partial charge in [0.15, 0.2) is 0 Å². The number of thioether (sulfide) groups is 1. The normalized spacial score (nSPS) is 11.8. The van der Waals surface area contributed by atoms with E-state index >= 15 is 0 Å². The molecule has 0 fully saturated rings. The van der Waals surface area contributed by atoms with Crippen LogP contribution in [0.15, 0.2) is 0 Å². The first-order chi connectivity index (χ1) is 4.68. The SMILES string of the molecule is Br.NCCSCC(N)C(=O)O. The van der Waals surface area contributed by atoms with Crippen LogP contribution in [0.1, 0.15) is 0 Å². The summed E-state index contributed by atoms with van der Waals surface area (Å²) >= 11 is 1.46. The van der Waals surface area contributed by atoms with Crippen molar-refractivity contribution in [3.8, 4) is 0 Å². The third-order valence-electron chi connectivity index (χ3n) is 0.877. The van der Waals surface area contributed by atoms with E-state index in [1.54, 1.807) is 0 Å². The minimum absolute atomic E-state index is 0. The Morgan fingerprint density at radius 2 is 2.18 bits per heavy atom. The van der Waals surface area contributed by atoms with Crippen molar-refractivity contribution in [3.63, 3.8) is 0 Å². The Bertz CT molecular complexity index is 115. The highest BCUT2D eigenvalue weighted by molar-refractivity contribution is 8.93. The zero-order chi connectivity index (χ0) is 7.98. The Hall–Kier alpha value is 0.220. The Labute approximate surface area is 80.5 Å². The van der Waals surface area contributed by atoms with Crippen molar-refractivity contribution in [2.45, 2.75) is 6.04 Å². The second kappa shape index (κ2) is 8.32. The predicted octanol–water partition coefficient (Wildman–Crippen LogP) is -0.332. The van der Waals surface area contributed by atoms with Crippen LogP contribution >= 0.6 is 28.7 Å². The van der Waals surface area contributed by atoms with Gasteiger partial charge in [-0.1, -0.05) is 0 Å². The first-order valence-electron chi connectivity index (χ1n) is 2.94. The number of nitrogens with two attached hydrogens (primary N) is 2. The fourth-order valence-electron chi connectivity index (χ4n) is 0.365. The molecule has 0 aromatic heterocycles. The maximum atomic E-state index is 10.1. The van der Waals surface area contributed by atoms with Gasteiger partial charge in [0.05, 0.1) is 0 Å². The molecule has 1 atom stereocenters. The van der Waals surface area contributed by atoms with Gasteiger partial charge < -0.3 is 16.6 Å². The van der Waals surface area contributed by atoms with E-state index in [1.807, 2.05) is 0 Å². The van der Waals surface area contributed by atoms with Gasteiger partial charge in [-0.3, -0.25) is 4.79 Å². The minimum atomic E-state index is -0.954. The van der Waals surface area contributed by atoms with Crippen molar-refractivity contribution in [3.05, 3.63) is 0 Å². The number of halogens is 1. The molecule has 0 bridgehead atoms.